The Bertz CT molecular complexity index is 700. The van der Waals surface area contributed by atoms with Crippen LogP contribution in [-0.2, 0) is 13.2 Å². The monoisotopic (exact) mass is 403 g/mol. The lowest BCUT2D eigenvalue weighted by atomic mass is 10.1. The summed E-state index contributed by atoms with van der Waals surface area (Å²) in [4.78, 5) is 0. The number of nitrogens with one attached hydrogen (secondary N) is 1. The number of ether oxygens (including phenoxy) is 2. The molecule has 0 aliphatic rings. The highest BCUT2D eigenvalue weighted by molar-refractivity contribution is 6.32. The molecule has 0 heterocycles. The summed E-state index contributed by atoms with van der Waals surface area (Å²) in [5.74, 6) is 1.14. The van der Waals surface area contributed by atoms with Gasteiger partial charge >= 0.3 is 0 Å². The van der Waals surface area contributed by atoms with E-state index in [0.29, 0.717) is 34.7 Å². The SMILES string of the molecule is COc1cc(CNC(C)(C)C)cc(Cl)c1OCc1ccccc1Cl.Cl. The average molecular weight is 405 g/mol. The van der Waals surface area contributed by atoms with Gasteiger partial charge in [-0.15, -0.1) is 12.4 Å². The van der Waals surface area contributed by atoms with Crippen molar-refractivity contribution >= 4 is 35.6 Å². The second-order valence-corrected chi connectivity index (χ2v) is 7.41. The Morgan fingerprint density at radius 2 is 1.72 bits per heavy atom. The number of hydrogen-bond acceptors (Lipinski definition) is 3. The molecule has 138 valence electrons. The van der Waals surface area contributed by atoms with Crippen LogP contribution in [-0.4, -0.2) is 12.6 Å². The van der Waals surface area contributed by atoms with Crippen LogP contribution < -0.4 is 14.8 Å². The Kier molecular flexibility index (Phi) is 8.36. The summed E-state index contributed by atoms with van der Waals surface area (Å²) in [5.41, 5.74) is 1.96. The predicted octanol–water partition coefficient (Wildman–Crippen LogP) is 5.89. The largest absolute Gasteiger partial charge is 0.493 e. The highest BCUT2D eigenvalue weighted by Gasteiger charge is 2.15. The zero-order valence-electron chi connectivity index (χ0n) is 14.9. The summed E-state index contributed by atoms with van der Waals surface area (Å²) in [6.45, 7) is 7.38. The van der Waals surface area contributed by atoms with Crippen molar-refractivity contribution in [3.8, 4) is 11.5 Å². The van der Waals surface area contributed by atoms with E-state index in [1.807, 2.05) is 36.4 Å². The van der Waals surface area contributed by atoms with Gasteiger partial charge in [-0.3, -0.25) is 0 Å². The minimum Gasteiger partial charge on any atom is -0.493 e. The van der Waals surface area contributed by atoms with Crippen LogP contribution in [0.15, 0.2) is 36.4 Å². The average Bonchev–Trinajstić information content (AvgIpc) is 2.52. The molecule has 0 unspecified atom stereocenters. The standard InChI is InChI=1S/C19H23Cl2NO2.ClH/c1-19(2,3)22-11-13-9-16(21)18(17(10-13)23-4)24-12-14-7-5-6-8-15(14)20;/h5-10,22H,11-12H2,1-4H3;1H. The van der Waals surface area contributed by atoms with Crippen molar-refractivity contribution < 1.29 is 9.47 Å². The van der Waals surface area contributed by atoms with Crippen LogP contribution in [0.5, 0.6) is 11.5 Å². The predicted molar refractivity (Wildman–Crippen MR) is 108 cm³/mol. The van der Waals surface area contributed by atoms with Gasteiger partial charge in [-0.05, 0) is 44.5 Å². The fraction of sp³-hybridized carbons (Fsp3) is 0.368. The molecule has 25 heavy (non-hydrogen) atoms. The number of benzene rings is 2. The summed E-state index contributed by atoms with van der Waals surface area (Å²) in [6.07, 6.45) is 0. The van der Waals surface area contributed by atoms with Crippen LogP contribution in [0, 0.1) is 0 Å². The molecular weight excluding hydrogens is 381 g/mol. The summed E-state index contributed by atoms with van der Waals surface area (Å²) in [7, 11) is 1.61. The zero-order valence-corrected chi connectivity index (χ0v) is 17.2. The molecule has 2 rings (SSSR count). The molecule has 6 heteroatoms. The van der Waals surface area contributed by atoms with Crippen LogP contribution in [0.25, 0.3) is 0 Å². The first-order valence-corrected chi connectivity index (χ1v) is 8.53. The lowest BCUT2D eigenvalue weighted by molar-refractivity contribution is 0.284. The molecular formula is C19H24Cl3NO2. The Labute approximate surface area is 166 Å². The van der Waals surface area contributed by atoms with Gasteiger partial charge in [-0.1, -0.05) is 41.4 Å². The number of methoxy groups -OCH3 is 1. The lowest BCUT2D eigenvalue weighted by Crippen LogP contribution is -2.35. The van der Waals surface area contributed by atoms with Gasteiger partial charge in [0.2, 0.25) is 0 Å². The summed E-state index contributed by atoms with van der Waals surface area (Å²) in [6, 6.07) is 11.4. The van der Waals surface area contributed by atoms with Gasteiger partial charge in [0.15, 0.2) is 11.5 Å². The Hall–Kier alpha value is -1.13. The second-order valence-electron chi connectivity index (χ2n) is 6.59. The van der Waals surface area contributed by atoms with E-state index in [9.17, 15) is 0 Å². The van der Waals surface area contributed by atoms with Gasteiger partial charge in [-0.25, -0.2) is 0 Å². The van der Waals surface area contributed by atoms with Crippen molar-refractivity contribution in [3.05, 3.63) is 57.6 Å². The molecule has 0 aliphatic heterocycles. The number of halogens is 3. The minimum atomic E-state index is 0. The smallest absolute Gasteiger partial charge is 0.180 e. The van der Waals surface area contributed by atoms with Gasteiger partial charge in [0.1, 0.15) is 6.61 Å². The van der Waals surface area contributed by atoms with E-state index >= 15 is 0 Å². The fourth-order valence-electron chi connectivity index (χ4n) is 2.15. The van der Waals surface area contributed by atoms with Crippen molar-refractivity contribution in [2.24, 2.45) is 0 Å². The molecule has 2 aromatic carbocycles. The minimum absolute atomic E-state index is 0. The molecule has 0 amide bonds. The van der Waals surface area contributed by atoms with E-state index in [1.54, 1.807) is 7.11 Å². The highest BCUT2D eigenvalue weighted by atomic mass is 35.5. The Morgan fingerprint density at radius 1 is 1.04 bits per heavy atom. The molecule has 0 saturated heterocycles. The molecule has 1 N–H and O–H groups in total. The normalized spacial score (nSPS) is 11.0. The maximum Gasteiger partial charge on any atom is 0.180 e. The van der Waals surface area contributed by atoms with Crippen LogP contribution in [0.4, 0.5) is 0 Å². The first kappa shape index (κ1) is 21.9. The van der Waals surface area contributed by atoms with Crippen LogP contribution >= 0.6 is 35.6 Å². The molecule has 0 aliphatic carbocycles. The second kappa shape index (κ2) is 9.54. The van der Waals surface area contributed by atoms with E-state index < -0.39 is 0 Å². The van der Waals surface area contributed by atoms with E-state index in [-0.39, 0.29) is 17.9 Å². The van der Waals surface area contributed by atoms with Gasteiger partial charge in [-0.2, -0.15) is 0 Å². The lowest BCUT2D eigenvalue weighted by Gasteiger charge is -2.21. The van der Waals surface area contributed by atoms with E-state index in [0.717, 1.165) is 11.1 Å². The molecule has 0 radical (unpaired) electrons. The molecule has 0 bridgehead atoms. The van der Waals surface area contributed by atoms with Crippen molar-refractivity contribution in [3.63, 3.8) is 0 Å². The molecule has 0 atom stereocenters. The molecule has 3 nitrogen and oxygen atoms in total. The Balaban J connectivity index is 0.00000312. The maximum absolute atomic E-state index is 6.40. The highest BCUT2D eigenvalue weighted by Crippen LogP contribution is 2.37. The first-order chi connectivity index (χ1) is 11.3. The van der Waals surface area contributed by atoms with Crippen molar-refractivity contribution in [2.45, 2.75) is 39.5 Å². The summed E-state index contributed by atoms with van der Waals surface area (Å²) >= 11 is 12.6. The zero-order chi connectivity index (χ0) is 17.7. The van der Waals surface area contributed by atoms with Gasteiger partial charge in [0.05, 0.1) is 12.1 Å². The third-order valence-corrected chi connectivity index (χ3v) is 4.09. The van der Waals surface area contributed by atoms with Gasteiger partial charge < -0.3 is 14.8 Å². The van der Waals surface area contributed by atoms with Crippen molar-refractivity contribution in [1.82, 2.24) is 5.32 Å². The summed E-state index contributed by atoms with van der Waals surface area (Å²) < 4.78 is 11.3. The molecule has 0 fully saturated rings. The van der Waals surface area contributed by atoms with E-state index in [1.165, 1.54) is 0 Å². The molecule has 2 aromatic rings. The third-order valence-electron chi connectivity index (χ3n) is 3.44. The number of rotatable bonds is 6. The Morgan fingerprint density at radius 3 is 2.32 bits per heavy atom. The van der Waals surface area contributed by atoms with Crippen LogP contribution in [0.3, 0.4) is 0 Å². The van der Waals surface area contributed by atoms with E-state index in [4.69, 9.17) is 32.7 Å². The van der Waals surface area contributed by atoms with Gasteiger partial charge in [0, 0.05) is 22.7 Å². The van der Waals surface area contributed by atoms with E-state index in [2.05, 4.69) is 26.1 Å². The molecule has 0 saturated carbocycles. The van der Waals surface area contributed by atoms with Crippen molar-refractivity contribution in [2.75, 3.05) is 7.11 Å². The van der Waals surface area contributed by atoms with Crippen molar-refractivity contribution in [1.29, 1.82) is 0 Å². The summed E-state index contributed by atoms with van der Waals surface area (Å²) in [5, 5.41) is 4.61. The fourth-order valence-corrected chi connectivity index (χ4v) is 2.63. The maximum atomic E-state index is 6.40. The molecule has 0 aromatic heterocycles. The van der Waals surface area contributed by atoms with Crippen LogP contribution in [0.1, 0.15) is 31.9 Å². The number of hydrogen-bond donors (Lipinski definition) is 1. The molecule has 0 spiro atoms. The van der Waals surface area contributed by atoms with Gasteiger partial charge in [0.25, 0.3) is 0 Å². The topological polar surface area (TPSA) is 30.5 Å². The first-order valence-electron chi connectivity index (χ1n) is 7.78. The third kappa shape index (κ3) is 6.59. The van der Waals surface area contributed by atoms with Crippen LogP contribution in [0.2, 0.25) is 10.0 Å². The quantitative estimate of drug-likeness (QED) is 0.651.